The molecule has 25 heavy (non-hydrogen) atoms. The first-order valence-electron chi connectivity index (χ1n) is 8.28. The molecule has 2 atom stereocenters. The Morgan fingerprint density at radius 1 is 1.24 bits per heavy atom. The van der Waals surface area contributed by atoms with Crippen molar-refractivity contribution in [2.75, 3.05) is 33.4 Å². The number of carbonyl (C=O) groups excluding carboxylic acids is 1. The molecule has 0 N–H and O–H groups in total. The van der Waals surface area contributed by atoms with Crippen molar-refractivity contribution in [3.05, 3.63) is 42.2 Å². The zero-order valence-electron chi connectivity index (χ0n) is 13.9. The number of carbonyl (C=O) groups is 1. The second-order valence-corrected chi connectivity index (χ2v) is 6.23. The van der Waals surface area contributed by atoms with Crippen LogP contribution in [0.1, 0.15) is 16.5 Å². The van der Waals surface area contributed by atoms with Crippen LogP contribution in [0.2, 0.25) is 0 Å². The lowest BCUT2D eigenvalue weighted by Gasteiger charge is -2.38. The van der Waals surface area contributed by atoms with Crippen LogP contribution in [0.4, 0.5) is 0 Å². The Labute approximate surface area is 145 Å². The summed E-state index contributed by atoms with van der Waals surface area (Å²) in [6, 6.07) is 9.56. The molecule has 0 unspecified atom stereocenters. The molecule has 4 rings (SSSR count). The second-order valence-electron chi connectivity index (χ2n) is 6.23. The highest BCUT2D eigenvalue weighted by Gasteiger charge is 2.35. The Morgan fingerprint density at radius 3 is 2.80 bits per heavy atom. The van der Waals surface area contributed by atoms with Crippen LogP contribution in [0.3, 0.4) is 0 Å². The summed E-state index contributed by atoms with van der Waals surface area (Å²) in [6.07, 6.45) is 1.61. The van der Waals surface area contributed by atoms with Crippen LogP contribution in [0, 0.1) is 0 Å². The van der Waals surface area contributed by atoms with Gasteiger partial charge >= 0.3 is 0 Å². The predicted octanol–water partition coefficient (Wildman–Crippen LogP) is 0.768. The number of aromatic nitrogens is 3. The average molecular weight is 344 g/mol. The molecule has 2 fully saturated rings. The van der Waals surface area contributed by atoms with Gasteiger partial charge in [-0.05, 0) is 12.1 Å². The van der Waals surface area contributed by atoms with Crippen molar-refractivity contribution < 1.29 is 19.0 Å². The molecule has 8 heteroatoms. The number of hydrogen-bond acceptors (Lipinski definition) is 6. The summed E-state index contributed by atoms with van der Waals surface area (Å²) >= 11 is 0. The molecule has 8 nitrogen and oxygen atoms in total. The smallest absolute Gasteiger partial charge is 0.276 e. The van der Waals surface area contributed by atoms with Gasteiger partial charge in [-0.1, -0.05) is 23.4 Å². The molecule has 0 radical (unpaired) electrons. The number of rotatable bonds is 5. The molecule has 2 aliphatic heterocycles. The van der Waals surface area contributed by atoms with Gasteiger partial charge in [-0.15, -0.1) is 5.10 Å². The van der Waals surface area contributed by atoms with Crippen molar-refractivity contribution >= 4 is 5.91 Å². The fraction of sp³-hybridized carbons (Fsp3) is 0.471. The van der Waals surface area contributed by atoms with E-state index in [1.54, 1.807) is 22.9 Å². The van der Waals surface area contributed by atoms with E-state index in [0.717, 1.165) is 5.75 Å². The third-order valence-electron chi connectivity index (χ3n) is 4.55. The highest BCUT2D eigenvalue weighted by Crippen LogP contribution is 2.22. The van der Waals surface area contributed by atoms with Crippen LogP contribution >= 0.6 is 0 Å². The number of ether oxygens (including phenoxy) is 3. The molecule has 0 saturated carbocycles. The second kappa shape index (κ2) is 6.81. The van der Waals surface area contributed by atoms with Crippen LogP contribution in [0.5, 0.6) is 5.75 Å². The molecular formula is C17H20N4O4. The SMILES string of the molecule is CO[C@@H]1COC[C@H]1n1cc(C(=O)N2CC(Oc3ccccc3)C2)nn1. The largest absolute Gasteiger partial charge is 0.487 e. The lowest BCUT2D eigenvalue weighted by Crippen LogP contribution is -2.56. The maximum atomic E-state index is 12.5. The van der Waals surface area contributed by atoms with Crippen molar-refractivity contribution in [1.82, 2.24) is 19.9 Å². The molecule has 1 aromatic carbocycles. The molecule has 2 saturated heterocycles. The number of benzene rings is 1. The fourth-order valence-corrected chi connectivity index (χ4v) is 3.06. The highest BCUT2D eigenvalue weighted by molar-refractivity contribution is 5.92. The summed E-state index contributed by atoms with van der Waals surface area (Å²) in [5.41, 5.74) is 0.333. The van der Waals surface area contributed by atoms with Gasteiger partial charge in [-0.25, -0.2) is 4.68 Å². The first kappa shape index (κ1) is 16.0. The minimum atomic E-state index is -0.132. The van der Waals surface area contributed by atoms with Crippen LogP contribution in [0.15, 0.2) is 36.5 Å². The Bertz CT molecular complexity index is 729. The monoisotopic (exact) mass is 344 g/mol. The van der Waals surface area contributed by atoms with Gasteiger partial charge in [0.15, 0.2) is 5.69 Å². The lowest BCUT2D eigenvalue weighted by molar-refractivity contribution is 0.0173. The van der Waals surface area contributed by atoms with E-state index in [4.69, 9.17) is 14.2 Å². The zero-order valence-corrected chi connectivity index (χ0v) is 13.9. The third kappa shape index (κ3) is 3.22. The normalized spacial score (nSPS) is 23.5. The van der Waals surface area contributed by atoms with E-state index in [1.807, 2.05) is 30.3 Å². The van der Waals surface area contributed by atoms with Gasteiger partial charge in [0.05, 0.1) is 32.5 Å². The summed E-state index contributed by atoms with van der Waals surface area (Å²) in [6.45, 7) is 2.13. The topological polar surface area (TPSA) is 78.7 Å². The number of likely N-dealkylation sites (tertiary alicyclic amines) is 1. The van der Waals surface area contributed by atoms with E-state index in [-0.39, 0.29) is 24.2 Å². The van der Waals surface area contributed by atoms with Crippen LogP contribution in [0.25, 0.3) is 0 Å². The Balaban J connectivity index is 1.34. The Morgan fingerprint density at radius 2 is 2.04 bits per heavy atom. The number of hydrogen-bond donors (Lipinski definition) is 0. The van der Waals surface area contributed by atoms with Crippen molar-refractivity contribution in [3.63, 3.8) is 0 Å². The lowest BCUT2D eigenvalue weighted by atomic mass is 10.1. The van der Waals surface area contributed by atoms with Gasteiger partial charge in [-0.2, -0.15) is 0 Å². The minimum absolute atomic E-state index is 0.0162. The summed E-state index contributed by atoms with van der Waals surface area (Å²) in [5, 5.41) is 8.08. The highest BCUT2D eigenvalue weighted by atomic mass is 16.5. The van der Waals surface area contributed by atoms with Crippen LogP contribution < -0.4 is 4.74 Å². The molecule has 1 amide bonds. The van der Waals surface area contributed by atoms with E-state index in [9.17, 15) is 4.79 Å². The van der Waals surface area contributed by atoms with E-state index >= 15 is 0 Å². The molecule has 0 bridgehead atoms. The van der Waals surface area contributed by atoms with Crippen molar-refractivity contribution in [2.45, 2.75) is 18.2 Å². The number of amides is 1. The fourth-order valence-electron chi connectivity index (χ4n) is 3.06. The summed E-state index contributed by atoms with van der Waals surface area (Å²) < 4.78 is 18.3. The van der Waals surface area contributed by atoms with E-state index in [2.05, 4.69) is 10.3 Å². The zero-order chi connectivity index (χ0) is 17.2. The standard InChI is InChI=1S/C17H20N4O4/c1-23-16-11-24-10-15(16)21-9-14(18-19-21)17(22)20-7-13(8-20)25-12-5-3-2-4-6-12/h2-6,9,13,15-16H,7-8,10-11H2,1H3/t15-,16-/m1/s1. The summed E-state index contributed by atoms with van der Waals surface area (Å²) in [5.74, 6) is 0.685. The average Bonchev–Trinajstić information content (AvgIpc) is 3.26. The molecule has 0 aliphatic carbocycles. The van der Waals surface area contributed by atoms with E-state index in [1.165, 1.54) is 0 Å². The molecule has 2 aromatic rings. The maximum Gasteiger partial charge on any atom is 0.276 e. The predicted molar refractivity (Wildman–Crippen MR) is 87.4 cm³/mol. The number of methoxy groups -OCH3 is 1. The number of nitrogens with zero attached hydrogens (tertiary/aromatic N) is 4. The Kier molecular flexibility index (Phi) is 4.37. The van der Waals surface area contributed by atoms with Gasteiger partial charge < -0.3 is 19.1 Å². The molecular weight excluding hydrogens is 324 g/mol. The van der Waals surface area contributed by atoms with E-state index < -0.39 is 0 Å². The van der Waals surface area contributed by atoms with Gasteiger partial charge in [0.1, 0.15) is 24.0 Å². The quantitative estimate of drug-likeness (QED) is 0.797. The van der Waals surface area contributed by atoms with Gasteiger partial charge in [0.25, 0.3) is 5.91 Å². The molecule has 1 aromatic heterocycles. The van der Waals surface area contributed by atoms with Crippen molar-refractivity contribution in [3.8, 4) is 5.75 Å². The van der Waals surface area contributed by atoms with Crippen molar-refractivity contribution in [2.24, 2.45) is 0 Å². The van der Waals surface area contributed by atoms with Crippen LogP contribution in [-0.4, -0.2) is 71.4 Å². The summed E-state index contributed by atoms with van der Waals surface area (Å²) in [7, 11) is 1.64. The van der Waals surface area contributed by atoms with E-state index in [0.29, 0.717) is 32.0 Å². The minimum Gasteiger partial charge on any atom is -0.487 e. The van der Waals surface area contributed by atoms with Crippen molar-refractivity contribution in [1.29, 1.82) is 0 Å². The van der Waals surface area contributed by atoms with Gasteiger partial charge in [0, 0.05) is 7.11 Å². The summed E-state index contributed by atoms with van der Waals surface area (Å²) in [4.78, 5) is 14.2. The molecule has 0 spiro atoms. The molecule has 3 heterocycles. The molecule has 132 valence electrons. The third-order valence-corrected chi connectivity index (χ3v) is 4.55. The van der Waals surface area contributed by atoms with Gasteiger partial charge in [0.2, 0.25) is 0 Å². The maximum absolute atomic E-state index is 12.5. The van der Waals surface area contributed by atoms with Crippen LogP contribution in [-0.2, 0) is 9.47 Å². The van der Waals surface area contributed by atoms with Gasteiger partial charge in [-0.3, -0.25) is 4.79 Å². The first-order valence-corrected chi connectivity index (χ1v) is 8.28. The molecule has 2 aliphatic rings. The Hall–Kier alpha value is -2.45. The number of para-hydroxylation sites is 1. The first-order chi connectivity index (χ1) is 12.2.